The van der Waals surface area contributed by atoms with Crippen LogP contribution in [-0.4, -0.2) is 8.42 Å². The van der Waals surface area contributed by atoms with Gasteiger partial charge in [-0.1, -0.05) is 23.2 Å². The van der Waals surface area contributed by atoms with E-state index in [-0.39, 0.29) is 9.92 Å². The quantitative estimate of drug-likeness (QED) is 0.716. The number of halogens is 3. The fraction of sp³-hybridized carbons (Fsp3) is 0. The van der Waals surface area contributed by atoms with E-state index in [1.807, 2.05) is 0 Å². The van der Waals surface area contributed by atoms with Gasteiger partial charge < -0.3 is 0 Å². The SMILES string of the molecule is O=[35S](=O)(Cl)c1ccc(Cl)c(Cl)c1. The summed E-state index contributed by atoms with van der Waals surface area (Å²) < 4.78 is 21.5. The van der Waals surface area contributed by atoms with Crippen molar-refractivity contribution in [3.63, 3.8) is 0 Å². The Balaban J connectivity index is 3.33. The Kier molecular flexibility index (Phi) is 2.88. The number of hydrogen-bond acceptors (Lipinski definition) is 2. The third kappa shape index (κ3) is 2.26. The van der Waals surface area contributed by atoms with E-state index in [4.69, 9.17) is 33.9 Å². The monoisotopic (exact) mass is 247 g/mol. The van der Waals surface area contributed by atoms with Crippen molar-refractivity contribution >= 4 is 42.9 Å². The largest absolute Gasteiger partial charge is 0.261 e. The predicted molar refractivity (Wildman–Crippen MR) is 49.5 cm³/mol. The molecule has 0 unspecified atom stereocenters. The molecule has 0 fully saturated rings. The van der Waals surface area contributed by atoms with Crippen molar-refractivity contribution in [3.05, 3.63) is 28.2 Å². The summed E-state index contributed by atoms with van der Waals surface area (Å²) in [7, 11) is 1.34. The van der Waals surface area contributed by atoms with Gasteiger partial charge in [-0.15, -0.1) is 0 Å². The third-order valence-electron chi connectivity index (χ3n) is 1.17. The summed E-state index contributed by atoms with van der Waals surface area (Å²) in [6, 6.07) is 3.86. The summed E-state index contributed by atoms with van der Waals surface area (Å²) in [5.74, 6) is 0. The van der Waals surface area contributed by atoms with Crippen LogP contribution in [0.1, 0.15) is 0 Å². The number of hydrogen-bond donors (Lipinski definition) is 0. The number of benzene rings is 1. The highest BCUT2D eigenvalue weighted by Gasteiger charge is 2.10. The highest BCUT2D eigenvalue weighted by Crippen LogP contribution is 2.26. The number of rotatable bonds is 1. The van der Waals surface area contributed by atoms with E-state index >= 15 is 0 Å². The molecule has 0 N–H and O–H groups in total. The fourth-order valence-corrected chi connectivity index (χ4v) is 1.77. The fourth-order valence-electron chi connectivity index (χ4n) is 0.629. The molecular formula is C6H3Cl3O2S. The minimum Gasteiger partial charge on any atom is -0.207 e. The lowest BCUT2D eigenvalue weighted by Crippen LogP contribution is -1.89. The van der Waals surface area contributed by atoms with Crippen LogP contribution in [-0.2, 0) is 9.05 Å². The molecule has 66 valence electrons. The molecule has 0 aliphatic rings. The predicted octanol–water partition coefficient (Wildman–Crippen LogP) is 2.92. The van der Waals surface area contributed by atoms with Crippen LogP contribution in [0, 0.1) is 0 Å². The molecule has 0 saturated heterocycles. The van der Waals surface area contributed by atoms with Crippen LogP contribution in [0.2, 0.25) is 10.0 Å². The Morgan fingerprint density at radius 2 is 1.67 bits per heavy atom. The van der Waals surface area contributed by atoms with Crippen LogP contribution in [0.4, 0.5) is 0 Å². The second-order valence-corrected chi connectivity index (χ2v) is 5.39. The summed E-state index contributed by atoms with van der Waals surface area (Å²) in [5, 5.41) is 0.458. The lowest BCUT2D eigenvalue weighted by Gasteiger charge is -1.97. The molecular weight excluding hydrogens is 245 g/mol. The summed E-state index contributed by atoms with van der Waals surface area (Å²) in [6.07, 6.45) is 0. The molecule has 0 radical (unpaired) electrons. The van der Waals surface area contributed by atoms with Gasteiger partial charge in [0.05, 0.1) is 14.9 Å². The van der Waals surface area contributed by atoms with Gasteiger partial charge in [0, 0.05) is 10.7 Å². The molecule has 12 heavy (non-hydrogen) atoms. The molecule has 1 aromatic carbocycles. The van der Waals surface area contributed by atoms with E-state index in [0.717, 1.165) is 0 Å². The molecule has 1 rings (SSSR count). The van der Waals surface area contributed by atoms with Crippen LogP contribution in [0.15, 0.2) is 23.1 Å². The second-order valence-electron chi connectivity index (χ2n) is 2.01. The molecule has 0 aromatic heterocycles. The van der Waals surface area contributed by atoms with Gasteiger partial charge in [-0.3, -0.25) is 0 Å². The topological polar surface area (TPSA) is 34.1 Å². The molecule has 6 heteroatoms. The van der Waals surface area contributed by atoms with Gasteiger partial charge in [0.15, 0.2) is 0 Å². The lowest BCUT2D eigenvalue weighted by atomic mass is 10.4. The first-order chi connectivity index (χ1) is 5.41. The van der Waals surface area contributed by atoms with Gasteiger partial charge in [-0.25, -0.2) is 8.42 Å². The van der Waals surface area contributed by atoms with Crippen molar-refractivity contribution in [3.8, 4) is 0 Å². The average Bonchev–Trinajstić information content (AvgIpc) is 1.92. The maximum Gasteiger partial charge on any atom is 0.261 e. The van der Waals surface area contributed by atoms with Crippen molar-refractivity contribution in [1.82, 2.24) is 0 Å². The first-order valence-corrected chi connectivity index (χ1v) is 5.87. The molecule has 1 aromatic rings. The van der Waals surface area contributed by atoms with E-state index in [9.17, 15) is 8.42 Å². The molecule has 0 atom stereocenters. The summed E-state index contributed by atoms with van der Waals surface area (Å²) >= 11 is 11.1. The van der Waals surface area contributed by atoms with Gasteiger partial charge in [0.1, 0.15) is 0 Å². The normalized spacial score (nSPS) is 11.6. The van der Waals surface area contributed by atoms with Crippen molar-refractivity contribution in [2.24, 2.45) is 0 Å². The van der Waals surface area contributed by atoms with Crippen LogP contribution in [0.5, 0.6) is 0 Å². The minimum atomic E-state index is -3.71. The Bertz CT molecular complexity index is 399. The van der Waals surface area contributed by atoms with Crippen molar-refractivity contribution in [1.29, 1.82) is 0 Å². The molecule has 0 spiro atoms. The Hall–Kier alpha value is 0.0400. The van der Waals surface area contributed by atoms with E-state index in [1.165, 1.54) is 18.2 Å². The highest BCUT2D eigenvalue weighted by molar-refractivity contribution is 8.13. The lowest BCUT2D eigenvalue weighted by molar-refractivity contribution is 0.609. The van der Waals surface area contributed by atoms with E-state index in [1.54, 1.807) is 0 Å². The smallest absolute Gasteiger partial charge is 0.207 e. The van der Waals surface area contributed by atoms with Gasteiger partial charge in [0.25, 0.3) is 9.05 Å². The maximum absolute atomic E-state index is 10.8. The standard InChI is InChI=1S/C6H3Cl3O2S/c7-5-2-1-4(3-6(5)8)12(9,10)11/h1-3H/i12+3. The van der Waals surface area contributed by atoms with Crippen molar-refractivity contribution in [2.45, 2.75) is 4.90 Å². The average molecular weight is 248 g/mol. The summed E-state index contributed by atoms with van der Waals surface area (Å²) in [6.45, 7) is 0. The zero-order valence-corrected chi connectivity index (χ0v) is 8.67. The zero-order chi connectivity index (χ0) is 9.35. The second kappa shape index (κ2) is 3.42. The molecule has 0 bridgehead atoms. The van der Waals surface area contributed by atoms with Gasteiger partial charge in [-0.05, 0) is 18.2 Å². The molecule has 2 nitrogen and oxygen atoms in total. The molecule has 0 saturated carbocycles. The van der Waals surface area contributed by atoms with E-state index in [0.29, 0.717) is 5.02 Å². The van der Waals surface area contributed by atoms with Gasteiger partial charge >= 0.3 is 0 Å². The van der Waals surface area contributed by atoms with Gasteiger partial charge in [0.2, 0.25) is 0 Å². The van der Waals surface area contributed by atoms with E-state index in [2.05, 4.69) is 0 Å². The molecule has 0 aliphatic heterocycles. The Morgan fingerprint density at radius 1 is 1.08 bits per heavy atom. The third-order valence-corrected chi connectivity index (χ3v) is 3.26. The Morgan fingerprint density at radius 3 is 2.08 bits per heavy atom. The zero-order valence-electron chi connectivity index (χ0n) is 5.59. The Labute approximate surface area is 84.5 Å². The summed E-state index contributed by atoms with van der Waals surface area (Å²) in [4.78, 5) is -0.0569. The molecule has 0 amide bonds. The van der Waals surface area contributed by atoms with Crippen molar-refractivity contribution in [2.75, 3.05) is 0 Å². The minimum absolute atomic E-state index is 0.0569. The maximum atomic E-state index is 10.8. The van der Waals surface area contributed by atoms with Crippen molar-refractivity contribution < 1.29 is 8.42 Å². The van der Waals surface area contributed by atoms with Crippen LogP contribution >= 0.6 is 33.9 Å². The highest BCUT2D eigenvalue weighted by atomic mass is 36.3. The van der Waals surface area contributed by atoms with E-state index < -0.39 is 9.05 Å². The first kappa shape index (κ1) is 10.1. The molecule has 0 heterocycles. The van der Waals surface area contributed by atoms with Gasteiger partial charge in [-0.2, -0.15) is 0 Å². The van der Waals surface area contributed by atoms with Crippen LogP contribution in [0.25, 0.3) is 0 Å². The van der Waals surface area contributed by atoms with Crippen LogP contribution in [0.3, 0.4) is 0 Å². The molecule has 0 aliphatic carbocycles. The first-order valence-electron chi connectivity index (χ1n) is 2.81. The van der Waals surface area contributed by atoms with Crippen LogP contribution < -0.4 is 0 Å². The summed E-state index contributed by atoms with van der Waals surface area (Å²) in [5.41, 5.74) is 0.